The SMILES string of the molecule is CC1=C2C[C@]3(O)[C@H]4C[C@@H]([C@@H](C)CO)[C@]3(C)C(=O)C[C@@]4(C)[C@@]2(O)CC1=O. The first kappa shape index (κ1) is 17.4. The fraction of sp³-hybridized carbons (Fsp3) is 0.800. The molecule has 0 aromatic rings. The van der Waals surface area contributed by atoms with Crippen molar-refractivity contribution in [1.29, 1.82) is 0 Å². The van der Waals surface area contributed by atoms with Gasteiger partial charge in [-0.05, 0) is 49.2 Å². The van der Waals surface area contributed by atoms with Crippen molar-refractivity contribution < 1.29 is 24.9 Å². The third-order valence-corrected chi connectivity index (χ3v) is 8.74. The van der Waals surface area contributed by atoms with E-state index in [1.807, 2.05) is 20.8 Å². The number of aliphatic hydroxyl groups is 3. The molecule has 4 bridgehead atoms. The number of rotatable bonds is 2. The van der Waals surface area contributed by atoms with Gasteiger partial charge in [0.05, 0.1) is 16.6 Å². The maximum Gasteiger partial charge on any atom is 0.161 e. The van der Waals surface area contributed by atoms with Crippen LogP contribution >= 0.6 is 0 Å². The highest BCUT2D eigenvalue weighted by atomic mass is 16.3. The van der Waals surface area contributed by atoms with E-state index in [-0.39, 0.29) is 55.2 Å². The minimum Gasteiger partial charge on any atom is -0.396 e. The van der Waals surface area contributed by atoms with Gasteiger partial charge in [0.15, 0.2) is 5.78 Å². The quantitative estimate of drug-likeness (QED) is 0.701. The summed E-state index contributed by atoms with van der Waals surface area (Å²) in [5, 5.41) is 33.1. The van der Waals surface area contributed by atoms with Gasteiger partial charge in [0.25, 0.3) is 0 Å². The fourth-order valence-corrected chi connectivity index (χ4v) is 6.96. The molecule has 0 aromatic heterocycles. The smallest absolute Gasteiger partial charge is 0.161 e. The average Bonchev–Trinajstić information content (AvgIpc) is 2.87. The molecule has 3 N–H and O–H groups in total. The maximum absolute atomic E-state index is 13.3. The monoisotopic (exact) mass is 348 g/mol. The van der Waals surface area contributed by atoms with Crippen LogP contribution in [-0.2, 0) is 9.59 Å². The first-order valence-electron chi connectivity index (χ1n) is 9.29. The molecule has 4 aliphatic rings. The Morgan fingerprint density at radius 3 is 2.40 bits per heavy atom. The minimum atomic E-state index is -1.33. The van der Waals surface area contributed by atoms with E-state index in [0.717, 1.165) is 0 Å². The molecule has 0 radical (unpaired) electrons. The summed E-state index contributed by atoms with van der Waals surface area (Å²) in [7, 11) is 0. The molecule has 0 saturated heterocycles. The van der Waals surface area contributed by atoms with Gasteiger partial charge in [0.2, 0.25) is 0 Å². The van der Waals surface area contributed by atoms with Gasteiger partial charge >= 0.3 is 0 Å². The van der Waals surface area contributed by atoms with E-state index >= 15 is 0 Å². The van der Waals surface area contributed by atoms with Crippen molar-refractivity contribution in [1.82, 2.24) is 0 Å². The van der Waals surface area contributed by atoms with Crippen LogP contribution in [0, 0.1) is 28.6 Å². The number of carbonyl (C=O) groups excluding carboxylic acids is 2. The second kappa shape index (κ2) is 4.62. The van der Waals surface area contributed by atoms with E-state index < -0.39 is 22.0 Å². The van der Waals surface area contributed by atoms with E-state index in [2.05, 4.69) is 0 Å². The van der Waals surface area contributed by atoms with Gasteiger partial charge in [-0.25, -0.2) is 0 Å². The molecule has 5 heteroatoms. The van der Waals surface area contributed by atoms with Crippen LogP contribution in [0.3, 0.4) is 0 Å². The number of aliphatic hydroxyl groups excluding tert-OH is 1. The molecule has 0 spiro atoms. The second-order valence-corrected chi connectivity index (χ2v) is 9.44. The third-order valence-electron chi connectivity index (χ3n) is 8.74. The standard InChI is InChI=1S/C20H28O5/c1-10(9-21)12-5-15-17(3)8-16(23)18(12,4)20(15,25)6-13-11(2)14(22)7-19(13,17)24/h10,12,15,21,24-25H,5-9H2,1-4H3/t10-,12-,15-,17+,18+,19+,20-/m0/s1. The van der Waals surface area contributed by atoms with E-state index in [9.17, 15) is 24.9 Å². The molecular formula is C20H28O5. The molecule has 0 aliphatic heterocycles. The van der Waals surface area contributed by atoms with Gasteiger partial charge in [0.1, 0.15) is 5.78 Å². The normalized spacial score (nSPS) is 52.6. The van der Waals surface area contributed by atoms with Crippen molar-refractivity contribution in [3.63, 3.8) is 0 Å². The van der Waals surface area contributed by atoms with Gasteiger partial charge in [-0.2, -0.15) is 0 Å². The van der Waals surface area contributed by atoms with E-state index in [0.29, 0.717) is 17.6 Å². The minimum absolute atomic E-state index is 0.0153. The molecule has 3 saturated carbocycles. The topological polar surface area (TPSA) is 94.8 Å². The van der Waals surface area contributed by atoms with Gasteiger partial charge < -0.3 is 15.3 Å². The summed E-state index contributed by atoms with van der Waals surface area (Å²) < 4.78 is 0. The predicted octanol–water partition coefficient (Wildman–Crippen LogP) is 1.39. The van der Waals surface area contributed by atoms with Crippen molar-refractivity contribution in [2.45, 2.75) is 64.6 Å². The molecule has 5 nitrogen and oxygen atoms in total. The number of hydrogen-bond donors (Lipinski definition) is 3. The van der Waals surface area contributed by atoms with Gasteiger partial charge in [0, 0.05) is 31.3 Å². The van der Waals surface area contributed by atoms with Crippen LogP contribution in [0.5, 0.6) is 0 Å². The fourth-order valence-electron chi connectivity index (χ4n) is 6.96. The van der Waals surface area contributed by atoms with Gasteiger partial charge in [-0.15, -0.1) is 0 Å². The number of fused-ring (bicyclic) bond motifs is 2. The Hall–Kier alpha value is -1.04. The first-order valence-corrected chi connectivity index (χ1v) is 9.29. The highest BCUT2D eigenvalue weighted by molar-refractivity contribution is 6.01. The number of hydrogen-bond acceptors (Lipinski definition) is 5. The first-order chi connectivity index (χ1) is 11.5. The zero-order valence-corrected chi connectivity index (χ0v) is 15.4. The molecule has 3 fully saturated rings. The summed E-state index contributed by atoms with van der Waals surface area (Å²) in [6.07, 6.45) is 0.963. The molecule has 4 rings (SSSR count). The van der Waals surface area contributed by atoms with Crippen molar-refractivity contribution in [3.8, 4) is 0 Å². The zero-order valence-electron chi connectivity index (χ0n) is 15.4. The molecule has 4 aliphatic carbocycles. The maximum atomic E-state index is 13.3. The van der Waals surface area contributed by atoms with Crippen LogP contribution in [0.1, 0.15) is 53.4 Å². The Balaban J connectivity index is 1.96. The Kier molecular flexibility index (Phi) is 3.21. The molecule has 138 valence electrons. The lowest BCUT2D eigenvalue weighted by Crippen LogP contribution is -2.70. The molecule has 0 aromatic carbocycles. The molecule has 0 amide bonds. The Morgan fingerprint density at radius 2 is 1.80 bits per heavy atom. The van der Waals surface area contributed by atoms with Crippen LogP contribution in [0.25, 0.3) is 0 Å². The number of ketones is 2. The summed E-state index contributed by atoms with van der Waals surface area (Å²) >= 11 is 0. The average molecular weight is 348 g/mol. The Morgan fingerprint density at radius 1 is 1.16 bits per heavy atom. The summed E-state index contributed by atoms with van der Waals surface area (Å²) in [6, 6.07) is 0. The molecule has 7 atom stereocenters. The molecule has 0 unspecified atom stereocenters. The number of allylic oxidation sites excluding steroid dienone is 1. The summed E-state index contributed by atoms with van der Waals surface area (Å²) in [4.78, 5) is 25.6. The number of carbonyl (C=O) groups is 2. The lowest BCUT2D eigenvalue weighted by Gasteiger charge is -2.63. The lowest BCUT2D eigenvalue weighted by atomic mass is 9.43. The molecule has 0 heterocycles. The highest BCUT2D eigenvalue weighted by Crippen LogP contribution is 2.75. The van der Waals surface area contributed by atoms with Crippen LogP contribution in [0.2, 0.25) is 0 Å². The van der Waals surface area contributed by atoms with Crippen molar-refractivity contribution >= 4 is 11.6 Å². The zero-order chi connectivity index (χ0) is 18.6. The summed E-state index contributed by atoms with van der Waals surface area (Å²) in [5.41, 5.74) is -3.20. The Bertz CT molecular complexity index is 726. The van der Waals surface area contributed by atoms with Crippen molar-refractivity contribution in [2.75, 3.05) is 6.61 Å². The van der Waals surface area contributed by atoms with Crippen LogP contribution in [0.15, 0.2) is 11.1 Å². The van der Waals surface area contributed by atoms with Crippen molar-refractivity contribution in [2.24, 2.45) is 28.6 Å². The van der Waals surface area contributed by atoms with E-state index in [1.54, 1.807) is 6.92 Å². The highest BCUT2D eigenvalue weighted by Gasteiger charge is 2.80. The predicted molar refractivity (Wildman–Crippen MR) is 90.5 cm³/mol. The number of Topliss-reactive ketones (excluding diaryl/α,β-unsaturated/α-hetero) is 2. The van der Waals surface area contributed by atoms with Gasteiger partial charge in [-0.1, -0.05) is 13.8 Å². The second-order valence-electron chi connectivity index (χ2n) is 9.44. The van der Waals surface area contributed by atoms with E-state index in [1.165, 1.54) is 0 Å². The van der Waals surface area contributed by atoms with Crippen LogP contribution < -0.4 is 0 Å². The summed E-state index contributed by atoms with van der Waals surface area (Å²) in [6.45, 7) is 7.32. The molecule has 25 heavy (non-hydrogen) atoms. The third kappa shape index (κ3) is 1.58. The van der Waals surface area contributed by atoms with Crippen molar-refractivity contribution in [3.05, 3.63) is 11.1 Å². The van der Waals surface area contributed by atoms with Crippen LogP contribution in [-0.4, -0.2) is 44.7 Å². The lowest BCUT2D eigenvalue weighted by molar-refractivity contribution is -0.222. The van der Waals surface area contributed by atoms with Gasteiger partial charge in [-0.3, -0.25) is 9.59 Å². The van der Waals surface area contributed by atoms with E-state index in [4.69, 9.17) is 0 Å². The Labute approximate surface area is 148 Å². The molecular weight excluding hydrogens is 320 g/mol. The van der Waals surface area contributed by atoms with Crippen LogP contribution in [0.4, 0.5) is 0 Å². The largest absolute Gasteiger partial charge is 0.396 e. The summed E-state index contributed by atoms with van der Waals surface area (Å²) in [5.74, 6) is -0.600.